The first-order valence-corrected chi connectivity index (χ1v) is 7.06. The highest BCUT2D eigenvalue weighted by Gasteiger charge is 2.45. The Balaban J connectivity index is 2.73. The van der Waals surface area contributed by atoms with E-state index >= 15 is 0 Å². The summed E-state index contributed by atoms with van der Waals surface area (Å²) in [6, 6.07) is 0. The van der Waals surface area contributed by atoms with Gasteiger partial charge in [0.05, 0.1) is 18.8 Å². The van der Waals surface area contributed by atoms with Crippen LogP contribution in [-0.2, 0) is 9.53 Å². The minimum Gasteiger partial charge on any atom is -0.390 e. The molecule has 0 aromatic heterocycles. The van der Waals surface area contributed by atoms with Crippen LogP contribution in [0.3, 0.4) is 0 Å². The van der Waals surface area contributed by atoms with Crippen LogP contribution in [0.4, 0.5) is 0 Å². The number of aliphatic hydroxyl groups excluding tert-OH is 3. The third-order valence-corrected chi connectivity index (χ3v) is 3.53. The number of ketones is 1. The lowest BCUT2D eigenvalue weighted by molar-refractivity contribution is -0.177. The van der Waals surface area contributed by atoms with Gasteiger partial charge in [0, 0.05) is 12.3 Å². The van der Waals surface area contributed by atoms with E-state index in [-0.39, 0.29) is 25.2 Å². The van der Waals surface area contributed by atoms with Crippen LogP contribution in [0.5, 0.6) is 0 Å². The molecule has 0 aliphatic heterocycles. The van der Waals surface area contributed by atoms with E-state index in [0.29, 0.717) is 0 Å². The molecule has 1 aliphatic rings. The molecular weight excluding hydrogens is 318 g/mol. The van der Waals surface area contributed by atoms with Crippen LogP contribution in [0, 0.1) is 5.92 Å². The average molecular weight is 336 g/mol. The van der Waals surface area contributed by atoms with Crippen molar-refractivity contribution in [2.45, 2.75) is 48.0 Å². The monoisotopic (exact) mass is 334 g/mol. The van der Waals surface area contributed by atoms with Gasteiger partial charge in [-0.2, -0.15) is 0 Å². The van der Waals surface area contributed by atoms with Crippen molar-refractivity contribution in [2.24, 2.45) is 5.92 Å². The molecule has 0 saturated heterocycles. The first-order chi connectivity index (χ1) is 8.67. The van der Waals surface area contributed by atoms with Crippen LogP contribution in [-0.4, -0.2) is 55.9 Å². The Bertz CT molecular complexity index is 320. The lowest BCUT2D eigenvalue weighted by atomic mass is 9.78. The van der Waals surface area contributed by atoms with E-state index in [4.69, 9.17) is 39.5 Å². The van der Waals surface area contributed by atoms with Crippen molar-refractivity contribution < 1.29 is 24.9 Å². The minimum absolute atomic E-state index is 0.0762. The number of ether oxygens (including phenoxy) is 1. The fourth-order valence-corrected chi connectivity index (χ4v) is 2.33. The molecule has 8 heteroatoms. The van der Waals surface area contributed by atoms with E-state index in [1.807, 2.05) is 0 Å². The summed E-state index contributed by atoms with van der Waals surface area (Å²) in [6.45, 7) is 1.37. The van der Waals surface area contributed by atoms with Gasteiger partial charge in [0.2, 0.25) is 3.79 Å². The summed E-state index contributed by atoms with van der Waals surface area (Å²) >= 11 is 16.6. The number of rotatable bonds is 4. The zero-order valence-electron chi connectivity index (χ0n) is 10.3. The summed E-state index contributed by atoms with van der Waals surface area (Å²) in [6.07, 6.45) is -4.67. The smallest absolute Gasteiger partial charge is 0.213 e. The predicted molar refractivity (Wildman–Crippen MR) is 71.5 cm³/mol. The molecule has 1 aliphatic carbocycles. The van der Waals surface area contributed by atoms with Gasteiger partial charge in [0.25, 0.3) is 0 Å². The Hall–Kier alpha value is 0.380. The predicted octanol–water partition coefficient (Wildman–Crippen LogP) is 0.823. The molecule has 0 spiro atoms. The van der Waals surface area contributed by atoms with E-state index in [9.17, 15) is 20.1 Å². The molecule has 0 bridgehead atoms. The molecule has 112 valence electrons. The van der Waals surface area contributed by atoms with E-state index < -0.39 is 34.1 Å². The second-order valence-corrected chi connectivity index (χ2v) is 7.11. The number of aliphatic hydroxyl groups is 3. The zero-order chi connectivity index (χ0) is 14.8. The van der Waals surface area contributed by atoms with Crippen LogP contribution in [0.25, 0.3) is 0 Å². The Kier molecular flexibility index (Phi) is 6.32. The number of carbonyl (C=O) groups is 1. The fourth-order valence-electron chi connectivity index (χ4n) is 2.14. The molecular formula is C11H17Cl3O5. The van der Waals surface area contributed by atoms with Gasteiger partial charge < -0.3 is 20.1 Å². The van der Waals surface area contributed by atoms with Gasteiger partial charge in [-0.3, -0.25) is 4.79 Å². The third-order valence-electron chi connectivity index (χ3n) is 3.20. The normalized spacial score (nSPS) is 36.3. The van der Waals surface area contributed by atoms with Gasteiger partial charge in [0.1, 0.15) is 18.0 Å². The van der Waals surface area contributed by atoms with Crippen LogP contribution in [0.15, 0.2) is 0 Å². The summed E-state index contributed by atoms with van der Waals surface area (Å²) in [5, 5.41) is 29.3. The number of hydrogen-bond donors (Lipinski definition) is 3. The molecule has 0 unspecified atom stereocenters. The van der Waals surface area contributed by atoms with Gasteiger partial charge in [-0.15, -0.1) is 0 Å². The van der Waals surface area contributed by atoms with Crippen LogP contribution >= 0.6 is 34.8 Å². The molecule has 0 aromatic rings. The Labute approximate surface area is 126 Å². The second kappa shape index (κ2) is 6.89. The molecule has 0 radical (unpaired) electrons. The van der Waals surface area contributed by atoms with Crippen molar-refractivity contribution in [3.05, 3.63) is 0 Å². The first-order valence-electron chi connectivity index (χ1n) is 5.92. The molecule has 19 heavy (non-hydrogen) atoms. The van der Waals surface area contributed by atoms with Crippen LogP contribution < -0.4 is 0 Å². The quantitative estimate of drug-likeness (QED) is 0.662. The lowest BCUT2D eigenvalue weighted by Gasteiger charge is -2.39. The van der Waals surface area contributed by atoms with Crippen molar-refractivity contribution >= 4 is 40.6 Å². The number of carbonyl (C=O) groups excluding carboxylic acids is 1. The molecule has 1 fully saturated rings. The maximum absolute atomic E-state index is 11.7. The minimum atomic E-state index is -1.65. The summed E-state index contributed by atoms with van der Waals surface area (Å²) in [7, 11) is 0. The average Bonchev–Trinajstić information content (AvgIpc) is 2.33. The topological polar surface area (TPSA) is 87.0 Å². The summed E-state index contributed by atoms with van der Waals surface area (Å²) < 4.78 is 3.59. The highest BCUT2D eigenvalue weighted by atomic mass is 35.6. The van der Waals surface area contributed by atoms with Crippen molar-refractivity contribution in [3.63, 3.8) is 0 Å². The highest BCUT2D eigenvalue weighted by molar-refractivity contribution is 6.67. The zero-order valence-corrected chi connectivity index (χ0v) is 12.6. The SMILES string of the molecule is CCC(=O)[C@@H]1C[C@H](OCC(Cl)(Cl)Cl)[C@@H](O)[C@H](O)[C@H]1O. The number of Topliss-reactive ketones (excluding diaryl/α,β-unsaturated/α-hetero) is 1. The molecule has 1 saturated carbocycles. The van der Waals surface area contributed by atoms with Gasteiger partial charge in [0.15, 0.2) is 0 Å². The summed E-state index contributed by atoms with van der Waals surface area (Å²) in [4.78, 5) is 11.7. The summed E-state index contributed by atoms with van der Waals surface area (Å²) in [5.74, 6) is -0.996. The van der Waals surface area contributed by atoms with Crippen LogP contribution in [0.2, 0.25) is 0 Å². The first kappa shape index (κ1) is 17.4. The largest absolute Gasteiger partial charge is 0.390 e. The van der Waals surface area contributed by atoms with Gasteiger partial charge in [-0.1, -0.05) is 41.7 Å². The summed E-state index contributed by atoms with van der Waals surface area (Å²) in [5.41, 5.74) is 0. The second-order valence-electron chi connectivity index (χ2n) is 4.60. The van der Waals surface area contributed by atoms with E-state index in [2.05, 4.69) is 0 Å². The van der Waals surface area contributed by atoms with Crippen molar-refractivity contribution in [3.8, 4) is 0 Å². The van der Waals surface area contributed by atoms with E-state index in [1.54, 1.807) is 6.92 Å². The van der Waals surface area contributed by atoms with Crippen LogP contribution in [0.1, 0.15) is 19.8 Å². The van der Waals surface area contributed by atoms with E-state index in [1.165, 1.54) is 0 Å². The Morgan fingerprint density at radius 1 is 1.21 bits per heavy atom. The lowest BCUT2D eigenvalue weighted by Crippen LogP contribution is -2.56. The Morgan fingerprint density at radius 2 is 1.79 bits per heavy atom. The number of hydrogen-bond acceptors (Lipinski definition) is 5. The number of halogens is 3. The van der Waals surface area contributed by atoms with Crippen molar-refractivity contribution in [1.82, 2.24) is 0 Å². The molecule has 0 amide bonds. The fraction of sp³-hybridized carbons (Fsp3) is 0.909. The number of alkyl halides is 3. The Morgan fingerprint density at radius 3 is 2.26 bits per heavy atom. The molecule has 1 rings (SSSR count). The third kappa shape index (κ3) is 4.70. The molecule has 5 atom stereocenters. The van der Waals surface area contributed by atoms with Gasteiger partial charge >= 0.3 is 0 Å². The molecule has 0 heterocycles. The highest BCUT2D eigenvalue weighted by Crippen LogP contribution is 2.32. The molecule has 5 nitrogen and oxygen atoms in total. The van der Waals surface area contributed by atoms with Crippen molar-refractivity contribution in [2.75, 3.05) is 6.61 Å². The van der Waals surface area contributed by atoms with E-state index in [0.717, 1.165) is 0 Å². The van der Waals surface area contributed by atoms with Gasteiger partial charge in [-0.05, 0) is 6.42 Å². The standard InChI is InChI=1S/C11H17Cl3O5/c1-2-6(15)5-3-7(19-4-11(12,13)14)9(17)10(18)8(5)16/h5,7-10,16-18H,2-4H2,1H3/t5-,7-,8-,9+,10+/m0/s1. The maximum atomic E-state index is 11.7. The maximum Gasteiger partial charge on any atom is 0.213 e. The van der Waals surface area contributed by atoms with Gasteiger partial charge in [-0.25, -0.2) is 0 Å². The molecule has 3 N–H and O–H groups in total. The van der Waals surface area contributed by atoms with Crippen molar-refractivity contribution in [1.29, 1.82) is 0 Å². The molecule has 0 aromatic carbocycles.